The van der Waals surface area contributed by atoms with Gasteiger partial charge in [0.25, 0.3) is 0 Å². The van der Waals surface area contributed by atoms with Gasteiger partial charge >= 0.3 is 0 Å². The number of methoxy groups -OCH3 is 1. The fourth-order valence-electron chi connectivity index (χ4n) is 3.63. The van der Waals surface area contributed by atoms with Gasteiger partial charge in [0.05, 0.1) is 13.7 Å². The predicted octanol–water partition coefficient (Wildman–Crippen LogP) is 2.83. The van der Waals surface area contributed by atoms with Crippen molar-refractivity contribution in [3.05, 3.63) is 23.8 Å². The van der Waals surface area contributed by atoms with Gasteiger partial charge in [-0.3, -0.25) is 4.99 Å². The molecule has 1 aromatic rings. The molecule has 1 fully saturated rings. The number of hydrogen-bond acceptors (Lipinski definition) is 4. The summed E-state index contributed by atoms with van der Waals surface area (Å²) in [5.74, 6) is 3.25. The van der Waals surface area contributed by atoms with E-state index in [-0.39, 0.29) is 0 Å². The maximum absolute atomic E-state index is 5.68. The quantitative estimate of drug-likeness (QED) is 0.530. The van der Waals surface area contributed by atoms with Crippen LogP contribution >= 0.6 is 0 Å². The zero-order chi connectivity index (χ0) is 19.6. The van der Waals surface area contributed by atoms with Crippen LogP contribution in [0.1, 0.15) is 32.8 Å². The average molecular weight is 377 g/mol. The van der Waals surface area contributed by atoms with Gasteiger partial charge in [-0.2, -0.15) is 0 Å². The summed E-state index contributed by atoms with van der Waals surface area (Å²) < 4.78 is 11.0. The van der Waals surface area contributed by atoms with Gasteiger partial charge in [0, 0.05) is 33.2 Å². The fraction of sp³-hybridized carbons (Fsp3) is 0.667. The Hall–Kier alpha value is -1.95. The number of likely N-dealkylation sites (tertiary alicyclic amines) is 1. The van der Waals surface area contributed by atoms with E-state index >= 15 is 0 Å². The highest BCUT2D eigenvalue weighted by molar-refractivity contribution is 5.80. The van der Waals surface area contributed by atoms with Gasteiger partial charge in [-0.05, 0) is 50.0 Å². The molecule has 1 heterocycles. The molecule has 6 heteroatoms. The molecule has 6 nitrogen and oxygen atoms in total. The number of benzene rings is 1. The van der Waals surface area contributed by atoms with Crippen LogP contribution in [-0.4, -0.2) is 69.2 Å². The summed E-state index contributed by atoms with van der Waals surface area (Å²) in [7, 11) is 3.53. The van der Waals surface area contributed by atoms with Gasteiger partial charge in [-0.15, -0.1) is 0 Å². The van der Waals surface area contributed by atoms with E-state index < -0.39 is 0 Å². The molecule has 1 unspecified atom stereocenters. The highest BCUT2D eigenvalue weighted by Gasteiger charge is 2.25. The number of ether oxygens (including phenoxy) is 2. The SMILES string of the molecule is CCOc1cc(CNC(=NC)N2CCC(CN(CC)CC)C2)ccc1OC. The van der Waals surface area contributed by atoms with Crippen molar-refractivity contribution in [1.29, 1.82) is 0 Å². The Morgan fingerprint density at radius 3 is 2.67 bits per heavy atom. The maximum Gasteiger partial charge on any atom is 0.193 e. The Balaban J connectivity index is 1.92. The van der Waals surface area contributed by atoms with E-state index in [1.165, 1.54) is 13.0 Å². The Bertz CT molecular complexity index is 602. The summed E-state index contributed by atoms with van der Waals surface area (Å²) in [5.41, 5.74) is 1.15. The van der Waals surface area contributed by atoms with E-state index in [1.54, 1.807) is 7.11 Å². The summed E-state index contributed by atoms with van der Waals surface area (Å²) in [4.78, 5) is 9.38. The van der Waals surface area contributed by atoms with Gasteiger partial charge in [-0.1, -0.05) is 19.9 Å². The minimum atomic E-state index is 0.622. The number of guanidine groups is 1. The zero-order valence-electron chi connectivity index (χ0n) is 17.6. The normalized spacial score (nSPS) is 17.5. The smallest absolute Gasteiger partial charge is 0.193 e. The molecule has 27 heavy (non-hydrogen) atoms. The molecule has 1 saturated heterocycles. The van der Waals surface area contributed by atoms with Crippen molar-refractivity contribution < 1.29 is 9.47 Å². The highest BCUT2D eigenvalue weighted by Crippen LogP contribution is 2.28. The van der Waals surface area contributed by atoms with Crippen molar-refractivity contribution in [3.63, 3.8) is 0 Å². The summed E-state index contributed by atoms with van der Waals surface area (Å²) in [6.45, 7) is 13.4. The van der Waals surface area contributed by atoms with E-state index in [0.29, 0.717) is 19.1 Å². The van der Waals surface area contributed by atoms with Crippen LogP contribution in [0.4, 0.5) is 0 Å². The Morgan fingerprint density at radius 1 is 1.26 bits per heavy atom. The van der Waals surface area contributed by atoms with Gasteiger partial charge in [-0.25, -0.2) is 0 Å². The molecule has 1 aliphatic heterocycles. The fourth-order valence-corrected chi connectivity index (χ4v) is 3.63. The van der Waals surface area contributed by atoms with Crippen molar-refractivity contribution in [2.24, 2.45) is 10.9 Å². The molecule has 1 atom stereocenters. The molecule has 2 rings (SSSR count). The first-order valence-electron chi connectivity index (χ1n) is 10.1. The minimum absolute atomic E-state index is 0.622. The number of rotatable bonds is 9. The molecule has 0 spiro atoms. The lowest BCUT2D eigenvalue weighted by molar-refractivity contribution is 0.255. The van der Waals surface area contributed by atoms with E-state index in [0.717, 1.165) is 49.2 Å². The Kier molecular flexibility index (Phi) is 8.72. The van der Waals surface area contributed by atoms with Gasteiger partial charge in [0.15, 0.2) is 17.5 Å². The summed E-state index contributed by atoms with van der Waals surface area (Å²) in [6.07, 6.45) is 1.23. The standard InChI is InChI=1S/C21H36N4O2/c1-6-24(7-2)15-18-11-12-25(16-18)21(22-4)23-14-17-9-10-19(26-5)20(13-17)27-8-3/h9-10,13,18H,6-8,11-12,14-16H2,1-5H3,(H,22,23). The van der Waals surface area contributed by atoms with Gasteiger partial charge in [0.2, 0.25) is 0 Å². The third kappa shape index (κ3) is 6.03. The van der Waals surface area contributed by atoms with Crippen LogP contribution in [0.2, 0.25) is 0 Å². The maximum atomic E-state index is 5.68. The number of nitrogens with one attached hydrogen (secondary N) is 1. The lowest BCUT2D eigenvalue weighted by Crippen LogP contribution is -2.40. The highest BCUT2D eigenvalue weighted by atomic mass is 16.5. The molecule has 152 valence electrons. The van der Waals surface area contributed by atoms with E-state index in [9.17, 15) is 0 Å². The van der Waals surface area contributed by atoms with Crippen LogP contribution in [0, 0.1) is 5.92 Å². The first kappa shape index (κ1) is 21.4. The predicted molar refractivity (Wildman–Crippen MR) is 112 cm³/mol. The molecule has 0 amide bonds. The number of hydrogen-bond donors (Lipinski definition) is 1. The average Bonchev–Trinajstić information content (AvgIpc) is 3.15. The second-order valence-electron chi connectivity index (χ2n) is 6.91. The minimum Gasteiger partial charge on any atom is -0.493 e. The van der Waals surface area contributed by atoms with Crippen LogP contribution in [-0.2, 0) is 6.54 Å². The number of nitrogens with zero attached hydrogens (tertiary/aromatic N) is 3. The topological polar surface area (TPSA) is 49.3 Å². The van der Waals surface area contributed by atoms with E-state index in [1.807, 2.05) is 26.1 Å². The monoisotopic (exact) mass is 376 g/mol. The molecule has 0 bridgehead atoms. The lowest BCUT2D eigenvalue weighted by atomic mass is 10.1. The molecule has 1 aliphatic rings. The Morgan fingerprint density at radius 2 is 2.04 bits per heavy atom. The molecular weight excluding hydrogens is 340 g/mol. The van der Waals surface area contributed by atoms with Crippen LogP contribution in [0.3, 0.4) is 0 Å². The largest absolute Gasteiger partial charge is 0.493 e. The molecule has 0 aliphatic carbocycles. The zero-order valence-corrected chi connectivity index (χ0v) is 17.6. The summed E-state index contributed by atoms with van der Waals surface area (Å²) >= 11 is 0. The van der Waals surface area contributed by atoms with Crippen molar-refractivity contribution in [3.8, 4) is 11.5 Å². The van der Waals surface area contributed by atoms with Crippen LogP contribution in [0.25, 0.3) is 0 Å². The van der Waals surface area contributed by atoms with Crippen molar-refractivity contribution in [2.45, 2.75) is 33.7 Å². The summed E-state index contributed by atoms with van der Waals surface area (Å²) in [6, 6.07) is 6.06. The second kappa shape index (κ2) is 11.0. The van der Waals surface area contributed by atoms with Crippen molar-refractivity contribution in [1.82, 2.24) is 15.1 Å². The van der Waals surface area contributed by atoms with E-state index in [4.69, 9.17) is 9.47 Å². The molecule has 0 saturated carbocycles. The van der Waals surface area contributed by atoms with Crippen LogP contribution < -0.4 is 14.8 Å². The van der Waals surface area contributed by atoms with Gasteiger partial charge in [0.1, 0.15) is 0 Å². The molecular formula is C21H36N4O2. The lowest BCUT2D eigenvalue weighted by Gasteiger charge is -2.24. The first-order chi connectivity index (χ1) is 13.1. The van der Waals surface area contributed by atoms with Crippen LogP contribution in [0.15, 0.2) is 23.2 Å². The second-order valence-corrected chi connectivity index (χ2v) is 6.91. The van der Waals surface area contributed by atoms with Crippen LogP contribution in [0.5, 0.6) is 11.5 Å². The van der Waals surface area contributed by atoms with Crippen molar-refractivity contribution in [2.75, 3.05) is 53.5 Å². The number of aliphatic imine (C=N–C) groups is 1. The summed E-state index contributed by atoms with van der Waals surface area (Å²) in [5, 5.41) is 3.50. The van der Waals surface area contributed by atoms with Crippen molar-refractivity contribution >= 4 is 5.96 Å². The third-order valence-corrected chi connectivity index (χ3v) is 5.19. The van der Waals surface area contributed by atoms with E-state index in [2.05, 4.69) is 40.0 Å². The Labute approximate surface area is 164 Å². The van der Waals surface area contributed by atoms with Gasteiger partial charge < -0.3 is 24.6 Å². The molecule has 0 aromatic heterocycles. The first-order valence-corrected chi connectivity index (χ1v) is 10.1. The molecule has 0 radical (unpaired) electrons. The molecule has 1 N–H and O–H groups in total. The third-order valence-electron chi connectivity index (χ3n) is 5.19. The molecule has 1 aromatic carbocycles.